The summed E-state index contributed by atoms with van der Waals surface area (Å²) in [6.45, 7) is 9.14. The first-order valence-corrected chi connectivity index (χ1v) is 16.0. The molecule has 0 aliphatic carbocycles. The number of pyridine rings is 1. The van der Waals surface area contributed by atoms with Gasteiger partial charge in [-0.1, -0.05) is 55.0 Å². The highest BCUT2D eigenvalue weighted by molar-refractivity contribution is 7.91. The van der Waals surface area contributed by atoms with Gasteiger partial charge in [-0.15, -0.1) is 0 Å². The lowest BCUT2D eigenvalue weighted by Crippen LogP contribution is -2.35. The van der Waals surface area contributed by atoms with E-state index < -0.39 is 27.7 Å². The predicted molar refractivity (Wildman–Crippen MR) is 172 cm³/mol. The maximum absolute atomic E-state index is 13.3. The number of hydrogen-bond donors (Lipinski definition) is 2. The average molecular weight is 610 g/mol. The van der Waals surface area contributed by atoms with Crippen molar-refractivity contribution in [2.75, 3.05) is 11.1 Å². The number of anilines is 1. The number of carbonyl (C=O) groups excluding carboxylic acids is 2. The third kappa shape index (κ3) is 6.40. The minimum atomic E-state index is -3.40. The molecule has 2 aromatic heterocycles. The summed E-state index contributed by atoms with van der Waals surface area (Å²) in [5.74, 6) is -0.224. The lowest BCUT2D eigenvalue weighted by molar-refractivity contribution is -0.125. The normalized spacial score (nSPS) is 12.9. The highest BCUT2D eigenvalue weighted by Crippen LogP contribution is 2.32. The van der Waals surface area contributed by atoms with E-state index in [9.17, 15) is 18.0 Å². The molecule has 0 saturated carbocycles. The summed E-state index contributed by atoms with van der Waals surface area (Å²) >= 11 is 0. The number of nitrogens with zero attached hydrogens (tertiary/aromatic N) is 3. The number of fused-ring (bicyclic) bond motifs is 1. The fraction of sp³-hybridized carbons (Fsp3) is 0.235. The van der Waals surface area contributed by atoms with E-state index in [4.69, 9.17) is 4.98 Å². The maximum atomic E-state index is 13.3. The van der Waals surface area contributed by atoms with Gasteiger partial charge in [-0.25, -0.2) is 13.4 Å². The molecule has 0 spiro atoms. The average Bonchev–Trinajstić information content (AvgIpc) is 3.38. The first-order chi connectivity index (χ1) is 21.0. The van der Waals surface area contributed by atoms with Crippen molar-refractivity contribution < 1.29 is 18.0 Å². The number of sulfone groups is 1. The number of benzene rings is 3. The molecule has 0 bridgehead atoms. The molecular weight excluding hydrogens is 574 g/mol. The second-order valence-electron chi connectivity index (χ2n) is 10.9. The van der Waals surface area contributed by atoms with Crippen molar-refractivity contribution in [3.05, 3.63) is 107 Å². The second kappa shape index (κ2) is 12.4. The Balaban J connectivity index is 1.44. The Bertz CT molecular complexity index is 1930. The number of carbonyl (C=O) groups is 2. The van der Waals surface area contributed by atoms with Crippen molar-refractivity contribution >= 4 is 38.4 Å². The van der Waals surface area contributed by atoms with Gasteiger partial charge in [0.05, 0.1) is 39.6 Å². The Morgan fingerprint density at radius 2 is 1.55 bits per heavy atom. The van der Waals surface area contributed by atoms with Gasteiger partial charge in [0.1, 0.15) is 11.7 Å². The summed E-state index contributed by atoms with van der Waals surface area (Å²) in [6.07, 6.45) is 1.56. The molecule has 2 unspecified atom stereocenters. The molecule has 5 aromatic rings. The van der Waals surface area contributed by atoms with Crippen LogP contribution in [0, 0.1) is 13.8 Å². The zero-order valence-corrected chi connectivity index (χ0v) is 26.1. The van der Waals surface area contributed by atoms with Crippen molar-refractivity contribution in [1.29, 1.82) is 0 Å². The van der Waals surface area contributed by atoms with Gasteiger partial charge < -0.3 is 15.2 Å². The number of aromatic nitrogens is 3. The van der Waals surface area contributed by atoms with Gasteiger partial charge in [-0.05, 0) is 73.9 Å². The van der Waals surface area contributed by atoms with E-state index in [1.807, 2.05) is 12.1 Å². The molecule has 0 saturated heterocycles. The molecule has 2 amide bonds. The summed E-state index contributed by atoms with van der Waals surface area (Å²) in [6, 6.07) is 23.1. The van der Waals surface area contributed by atoms with Crippen molar-refractivity contribution in [1.82, 2.24) is 19.9 Å². The van der Waals surface area contributed by atoms with Crippen molar-refractivity contribution in [2.45, 2.75) is 51.6 Å². The molecule has 0 aliphatic heterocycles. The van der Waals surface area contributed by atoms with Crippen molar-refractivity contribution in [3.8, 4) is 11.5 Å². The Hall–Kier alpha value is -4.83. The van der Waals surface area contributed by atoms with E-state index in [0.717, 1.165) is 22.2 Å². The van der Waals surface area contributed by atoms with Crippen LogP contribution in [0.25, 0.3) is 22.6 Å². The van der Waals surface area contributed by atoms with Crippen LogP contribution in [0.15, 0.2) is 90.0 Å². The SMILES string of the molecule is CCS(=O)(=O)c1ccc(C(NC(C)=O)C(=O)Nc2ccc(-c3nc4ccc(C)cc4n3C(C)c3ccc(C)cc3)nc2)cc1. The molecule has 5 rings (SSSR count). The molecule has 2 atom stereocenters. The number of amides is 2. The minimum absolute atomic E-state index is 0.0179. The van der Waals surface area contributed by atoms with Crippen LogP contribution >= 0.6 is 0 Å². The van der Waals surface area contributed by atoms with Gasteiger partial charge in [0, 0.05) is 6.92 Å². The number of nitrogens with one attached hydrogen (secondary N) is 2. The standard InChI is InChI=1S/C34H35N5O4S/c1-6-44(42,43)28-15-12-26(13-16-28)32(36-24(5)40)34(41)37-27-14-18-30(35-20-27)33-38-29-17-9-22(3)19-31(29)39(33)23(4)25-10-7-21(2)8-11-25/h7-20,23,32H,6H2,1-5H3,(H,36,40)(H,37,41). The molecule has 0 radical (unpaired) electrons. The molecular formula is C34H35N5O4S. The quantitative estimate of drug-likeness (QED) is 0.213. The van der Waals surface area contributed by atoms with Crippen LogP contribution in [0.1, 0.15) is 55.1 Å². The van der Waals surface area contributed by atoms with Crippen molar-refractivity contribution in [3.63, 3.8) is 0 Å². The number of rotatable bonds is 9. The zero-order chi connectivity index (χ0) is 31.6. The number of hydrogen-bond acceptors (Lipinski definition) is 6. The highest BCUT2D eigenvalue weighted by atomic mass is 32.2. The van der Waals surface area contributed by atoms with E-state index in [-0.39, 0.29) is 16.7 Å². The smallest absolute Gasteiger partial charge is 0.251 e. The molecule has 0 fully saturated rings. The summed E-state index contributed by atoms with van der Waals surface area (Å²) in [4.78, 5) is 35.0. The van der Waals surface area contributed by atoms with Crippen LogP contribution in [0.2, 0.25) is 0 Å². The Kier molecular flexibility index (Phi) is 8.64. The third-order valence-corrected chi connectivity index (χ3v) is 9.37. The Morgan fingerprint density at radius 1 is 0.886 bits per heavy atom. The predicted octanol–water partition coefficient (Wildman–Crippen LogP) is 5.93. The molecule has 10 heteroatoms. The Morgan fingerprint density at radius 3 is 2.16 bits per heavy atom. The van der Waals surface area contributed by atoms with Crippen LogP contribution in [-0.2, 0) is 19.4 Å². The largest absolute Gasteiger partial charge is 0.341 e. The molecule has 9 nitrogen and oxygen atoms in total. The van der Waals surface area contributed by atoms with Gasteiger partial charge in [-0.2, -0.15) is 0 Å². The van der Waals surface area contributed by atoms with Gasteiger partial charge in [0.15, 0.2) is 15.7 Å². The fourth-order valence-electron chi connectivity index (χ4n) is 5.12. The topological polar surface area (TPSA) is 123 Å². The van der Waals surface area contributed by atoms with Crippen LogP contribution in [0.3, 0.4) is 0 Å². The lowest BCUT2D eigenvalue weighted by Gasteiger charge is -2.19. The van der Waals surface area contributed by atoms with Gasteiger partial charge in [0.2, 0.25) is 5.91 Å². The van der Waals surface area contributed by atoms with E-state index in [2.05, 4.69) is 71.3 Å². The van der Waals surface area contributed by atoms with E-state index in [1.165, 1.54) is 36.8 Å². The second-order valence-corrected chi connectivity index (χ2v) is 13.2. The molecule has 2 N–H and O–H groups in total. The first kappa shape index (κ1) is 30.6. The van der Waals surface area contributed by atoms with Gasteiger partial charge in [-0.3, -0.25) is 14.6 Å². The highest BCUT2D eigenvalue weighted by Gasteiger charge is 2.24. The van der Waals surface area contributed by atoms with Gasteiger partial charge in [0.25, 0.3) is 5.91 Å². The van der Waals surface area contributed by atoms with Crippen LogP contribution in [-0.4, -0.2) is 40.5 Å². The monoisotopic (exact) mass is 609 g/mol. The summed E-state index contributed by atoms with van der Waals surface area (Å²) in [7, 11) is -3.40. The molecule has 3 aromatic carbocycles. The molecule has 0 aliphatic rings. The molecule has 44 heavy (non-hydrogen) atoms. The number of imidazole rings is 1. The summed E-state index contributed by atoms with van der Waals surface area (Å²) in [5, 5.41) is 5.47. The summed E-state index contributed by atoms with van der Waals surface area (Å²) in [5.41, 5.74) is 6.85. The minimum Gasteiger partial charge on any atom is -0.341 e. The van der Waals surface area contributed by atoms with Crippen LogP contribution in [0.4, 0.5) is 5.69 Å². The maximum Gasteiger partial charge on any atom is 0.251 e. The Labute approximate surface area is 257 Å². The molecule has 2 heterocycles. The van der Waals surface area contributed by atoms with Crippen molar-refractivity contribution in [2.24, 2.45) is 0 Å². The third-order valence-electron chi connectivity index (χ3n) is 7.61. The molecule has 226 valence electrons. The van der Waals surface area contributed by atoms with Crippen LogP contribution in [0.5, 0.6) is 0 Å². The number of aryl methyl sites for hydroxylation is 2. The summed E-state index contributed by atoms with van der Waals surface area (Å²) < 4.78 is 26.6. The van der Waals surface area contributed by atoms with E-state index >= 15 is 0 Å². The van der Waals surface area contributed by atoms with Crippen LogP contribution < -0.4 is 10.6 Å². The van der Waals surface area contributed by atoms with Gasteiger partial charge >= 0.3 is 0 Å². The zero-order valence-electron chi connectivity index (χ0n) is 25.3. The lowest BCUT2D eigenvalue weighted by atomic mass is 10.1. The first-order valence-electron chi connectivity index (χ1n) is 14.4. The fourth-order valence-corrected chi connectivity index (χ4v) is 6.01. The van der Waals surface area contributed by atoms with E-state index in [0.29, 0.717) is 22.8 Å². The van der Waals surface area contributed by atoms with E-state index in [1.54, 1.807) is 25.3 Å².